The van der Waals surface area contributed by atoms with Crippen LogP contribution in [0.4, 0.5) is 0 Å². The highest BCUT2D eigenvalue weighted by molar-refractivity contribution is 6.01. The van der Waals surface area contributed by atoms with E-state index in [0.29, 0.717) is 12.8 Å². The van der Waals surface area contributed by atoms with Crippen LogP contribution in [0.25, 0.3) is 0 Å². The molecule has 0 aliphatic heterocycles. The third-order valence-electron chi connectivity index (χ3n) is 8.23. The second-order valence-electron chi connectivity index (χ2n) is 9.47. The number of fused-ring (bicyclic) bond motifs is 3. The van der Waals surface area contributed by atoms with Crippen LogP contribution in [0, 0.1) is 28.1 Å². The molecule has 3 aliphatic rings. The third-order valence-corrected chi connectivity index (χ3v) is 8.23. The first kappa shape index (κ1) is 19.5. The molecule has 0 spiro atoms. The van der Waals surface area contributed by atoms with Crippen molar-refractivity contribution in [2.45, 2.75) is 65.9 Å². The first-order chi connectivity index (χ1) is 12.1. The van der Waals surface area contributed by atoms with Gasteiger partial charge in [-0.3, -0.25) is 9.59 Å². The quantitative estimate of drug-likeness (QED) is 0.599. The van der Waals surface area contributed by atoms with E-state index >= 15 is 0 Å². The Kier molecular flexibility index (Phi) is 4.81. The molecule has 3 fully saturated rings. The maximum Gasteiger partial charge on any atom is 0.160 e. The SMILES string of the molecule is CC(C=CC=O)=C1C(=O)CC2C1(C)CCC1C(C)(CO)C(O)CCC21C. The molecule has 4 heteroatoms. The lowest BCUT2D eigenvalue weighted by Crippen LogP contribution is -2.59. The van der Waals surface area contributed by atoms with Gasteiger partial charge in [0, 0.05) is 22.8 Å². The molecule has 6 atom stereocenters. The van der Waals surface area contributed by atoms with Gasteiger partial charge in [-0.25, -0.2) is 0 Å². The predicted octanol–water partition coefficient (Wildman–Crippen LogP) is 3.22. The fourth-order valence-electron chi connectivity index (χ4n) is 6.88. The second-order valence-corrected chi connectivity index (χ2v) is 9.47. The summed E-state index contributed by atoms with van der Waals surface area (Å²) >= 11 is 0. The molecule has 0 aromatic rings. The molecule has 6 unspecified atom stereocenters. The highest BCUT2D eigenvalue weighted by atomic mass is 16.3. The Morgan fingerprint density at radius 3 is 2.50 bits per heavy atom. The van der Waals surface area contributed by atoms with Gasteiger partial charge in [-0.15, -0.1) is 0 Å². The normalized spacial score (nSPS) is 47.6. The molecule has 2 N–H and O–H groups in total. The molecule has 0 saturated heterocycles. The van der Waals surface area contributed by atoms with Gasteiger partial charge in [0.05, 0.1) is 12.7 Å². The Balaban J connectivity index is 2.07. The van der Waals surface area contributed by atoms with E-state index < -0.39 is 11.5 Å². The molecule has 0 aromatic carbocycles. The zero-order chi connectivity index (χ0) is 19.3. The van der Waals surface area contributed by atoms with Gasteiger partial charge in [0.25, 0.3) is 0 Å². The lowest BCUT2D eigenvalue weighted by Gasteiger charge is -2.62. The number of aliphatic hydroxyl groups excluding tert-OH is 2. The number of hydrogen-bond acceptors (Lipinski definition) is 4. The van der Waals surface area contributed by atoms with Crippen molar-refractivity contribution in [1.29, 1.82) is 0 Å². The van der Waals surface area contributed by atoms with Gasteiger partial charge in [-0.2, -0.15) is 0 Å². The van der Waals surface area contributed by atoms with Gasteiger partial charge < -0.3 is 10.2 Å². The minimum Gasteiger partial charge on any atom is -0.396 e. The summed E-state index contributed by atoms with van der Waals surface area (Å²) in [5, 5.41) is 20.7. The van der Waals surface area contributed by atoms with Gasteiger partial charge in [0.1, 0.15) is 6.29 Å². The molecule has 4 nitrogen and oxygen atoms in total. The summed E-state index contributed by atoms with van der Waals surface area (Å²) in [5.41, 5.74) is 1.01. The molecule has 0 bridgehead atoms. The number of carbonyl (C=O) groups is 2. The summed E-state index contributed by atoms with van der Waals surface area (Å²) in [6.07, 6.45) is 7.35. The average Bonchev–Trinajstić information content (AvgIpc) is 2.88. The van der Waals surface area contributed by atoms with Crippen LogP contribution in [0.15, 0.2) is 23.3 Å². The number of aldehydes is 1. The maximum atomic E-state index is 13.0. The molecular formula is C22H32O4. The Bertz CT molecular complexity index is 678. The summed E-state index contributed by atoms with van der Waals surface area (Å²) in [6, 6.07) is 0. The van der Waals surface area contributed by atoms with Crippen molar-refractivity contribution in [3.63, 3.8) is 0 Å². The molecule has 144 valence electrons. The summed E-state index contributed by atoms with van der Waals surface area (Å²) in [4.78, 5) is 23.7. The van der Waals surface area contributed by atoms with Crippen molar-refractivity contribution >= 4 is 12.1 Å². The van der Waals surface area contributed by atoms with Crippen molar-refractivity contribution in [2.24, 2.45) is 28.1 Å². The van der Waals surface area contributed by atoms with Crippen molar-refractivity contribution in [3.8, 4) is 0 Å². The number of hydrogen-bond donors (Lipinski definition) is 2. The molecule has 26 heavy (non-hydrogen) atoms. The molecule has 3 rings (SSSR count). The van der Waals surface area contributed by atoms with Crippen LogP contribution in [-0.4, -0.2) is 35.0 Å². The van der Waals surface area contributed by atoms with Crippen LogP contribution in [0.2, 0.25) is 0 Å². The smallest absolute Gasteiger partial charge is 0.160 e. The predicted molar refractivity (Wildman–Crippen MR) is 100 cm³/mol. The lowest BCUT2D eigenvalue weighted by atomic mass is 9.43. The van der Waals surface area contributed by atoms with E-state index in [0.717, 1.165) is 36.7 Å². The minimum atomic E-state index is -0.504. The summed E-state index contributed by atoms with van der Waals surface area (Å²) < 4.78 is 0. The van der Waals surface area contributed by atoms with Crippen LogP contribution in [-0.2, 0) is 9.59 Å². The minimum absolute atomic E-state index is 0.0183. The highest BCUT2D eigenvalue weighted by Crippen LogP contribution is 2.69. The number of aliphatic hydroxyl groups is 2. The Hall–Kier alpha value is -1.26. The van der Waals surface area contributed by atoms with Crippen LogP contribution >= 0.6 is 0 Å². The van der Waals surface area contributed by atoms with Gasteiger partial charge >= 0.3 is 0 Å². The van der Waals surface area contributed by atoms with Crippen LogP contribution in [0.3, 0.4) is 0 Å². The molecule has 3 saturated carbocycles. The second kappa shape index (κ2) is 6.42. The number of Topliss-reactive ketones (excluding diaryl/α,β-unsaturated/α-hetero) is 1. The zero-order valence-electron chi connectivity index (χ0n) is 16.4. The molecule has 0 amide bonds. The Labute approximate surface area is 156 Å². The average molecular weight is 360 g/mol. The fourth-order valence-corrected chi connectivity index (χ4v) is 6.88. The number of allylic oxidation sites excluding steroid dienone is 4. The van der Waals surface area contributed by atoms with E-state index in [1.54, 1.807) is 6.08 Å². The monoisotopic (exact) mass is 360 g/mol. The van der Waals surface area contributed by atoms with Gasteiger partial charge in [-0.05, 0) is 61.5 Å². The van der Waals surface area contributed by atoms with E-state index in [-0.39, 0.29) is 35.1 Å². The van der Waals surface area contributed by atoms with Crippen LogP contribution in [0.5, 0.6) is 0 Å². The fraction of sp³-hybridized carbons (Fsp3) is 0.727. The number of rotatable bonds is 3. The third kappa shape index (κ3) is 2.49. The van der Waals surface area contributed by atoms with Gasteiger partial charge in [-0.1, -0.05) is 26.8 Å². The highest BCUT2D eigenvalue weighted by Gasteiger charge is 2.65. The number of ketones is 1. The lowest BCUT2D eigenvalue weighted by molar-refractivity contribution is -0.178. The van der Waals surface area contributed by atoms with E-state index in [4.69, 9.17) is 0 Å². The molecule has 0 heterocycles. The van der Waals surface area contributed by atoms with E-state index in [1.165, 1.54) is 6.08 Å². The Morgan fingerprint density at radius 2 is 1.88 bits per heavy atom. The summed E-state index contributed by atoms with van der Waals surface area (Å²) in [7, 11) is 0. The van der Waals surface area contributed by atoms with Crippen molar-refractivity contribution in [1.82, 2.24) is 0 Å². The summed E-state index contributed by atoms with van der Waals surface area (Å²) in [5.74, 6) is 0.623. The van der Waals surface area contributed by atoms with E-state index in [9.17, 15) is 19.8 Å². The zero-order valence-corrected chi connectivity index (χ0v) is 16.4. The number of carbonyl (C=O) groups excluding carboxylic acids is 2. The summed E-state index contributed by atoms with van der Waals surface area (Å²) in [6.45, 7) is 8.40. The molecular weight excluding hydrogens is 328 g/mol. The van der Waals surface area contributed by atoms with Crippen molar-refractivity contribution in [2.75, 3.05) is 6.61 Å². The van der Waals surface area contributed by atoms with Crippen LogP contribution < -0.4 is 0 Å². The molecule has 3 aliphatic carbocycles. The standard InChI is InChI=1S/C22H32O4/c1-14(6-5-11-23)19-15(25)12-17-20(2)10-8-18(26)22(4,13-24)16(20)7-9-21(17,19)3/h5-6,11,16-18,24,26H,7-10,12-13H2,1-4H3. The maximum absolute atomic E-state index is 13.0. The van der Waals surface area contributed by atoms with E-state index in [2.05, 4.69) is 13.8 Å². The van der Waals surface area contributed by atoms with Gasteiger partial charge in [0.2, 0.25) is 0 Å². The largest absolute Gasteiger partial charge is 0.396 e. The Morgan fingerprint density at radius 1 is 1.19 bits per heavy atom. The van der Waals surface area contributed by atoms with Gasteiger partial charge in [0.15, 0.2) is 5.78 Å². The topological polar surface area (TPSA) is 74.6 Å². The van der Waals surface area contributed by atoms with Crippen molar-refractivity contribution < 1.29 is 19.8 Å². The molecule has 0 aromatic heterocycles. The van der Waals surface area contributed by atoms with Crippen LogP contribution in [0.1, 0.15) is 59.8 Å². The van der Waals surface area contributed by atoms with E-state index in [1.807, 2.05) is 13.8 Å². The first-order valence-electron chi connectivity index (χ1n) is 9.80. The van der Waals surface area contributed by atoms with Crippen molar-refractivity contribution in [3.05, 3.63) is 23.3 Å². The first-order valence-corrected chi connectivity index (χ1v) is 9.80. The molecule has 0 radical (unpaired) electrons.